The molecular formula is C24H25N8NaO2. The molecule has 5 rings (SSSR count). The van der Waals surface area contributed by atoms with Gasteiger partial charge in [-0.1, -0.05) is 62.4 Å². The molecule has 0 aliphatic carbocycles. The minimum Gasteiger partial charge on any atom is -1.00 e. The Morgan fingerprint density at radius 3 is 2.43 bits per heavy atom. The standard InChI is InChI=1S/C24H24N8O2.Na.H/c1-4-17-21(24(33)34-3)31(32-23(17)25-20(5-2)28-32)14-15-10-12-16(13-11-15)18-8-6-7-9-19(18)22-26-29-30-27-22;;/h6-13H,4-5,14H2,1-3H3,(H,26,27,29,30);;/q;+1;-1. The summed E-state index contributed by atoms with van der Waals surface area (Å²) in [6.07, 6.45) is 1.36. The zero-order valence-electron chi connectivity index (χ0n) is 21.2. The molecule has 0 fully saturated rings. The van der Waals surface area contributed by atoms with Crippen LogP contribution in [-0.2, 0) is 24.1 Å². The van der Waals surface area contributed by atoms with Gasteiger partial charge in [0.15, 0.2) is 17.2 Å². The predicted octanol–water partition coefficient (Wildman–Crippen LogP) is 0.454. The molecule has 0 amide bonds. The molecule has 0 aliphatic heterocycles. The van der Waals surface area contributed by atoms with Gasteiger partial charge in [-0.3, -0.25) is 4.68 Å². The van der Waals surface area contributed by atoms with E-state index in [1.807, 2.05) is 67.1 Å². The first-order valence-electron chi connectivity index (χ1n) is 11.1. The molecule has 0 bridgehead atoms. The van der Waals surface area contributed by atoms with Crippen LogP contribution in [0.25, 0.3) is 28.2 Å². The molecule has 0 unspecified atom stereocenters. The Hall–Kier alpha value is -3.34. The second-order valence-corrected chi connectivity index (χ2v) is 7.80. The largest absolute Gasteiger partial charge is 1.00 e. The second-order valence-electron chi connectivity index (χ2n) is 7.80. The van der Waals surface area contributed by atoms with Crippen molar-refractivity contribution in [3.05, 3.63) is 71.2 Å². The zero-order valence-corrected chi connectivity index (χ0v) is 22.2. The third-order valence-electron chi connectivity index (χ3n) is 5.84. The number of aryl methyl sites for hydroxylation is 2. The van der Waals surface area contributed by atoms with E-state index in [0.717, 1.165) is 33.6 Å². The smallest absolute Gasteiger partial charge is 1.00 e. The van der Waals surface area contributed by atoms with Crippen LogP contribution in [0.4, 0.5) is 0 Å². The van der Waals surface area contributed by atoms with Crippen LogP contribution < -0.4 is 29.6 Å². The Labute approximate surface area is 225 Å². The normalized spacial score (nSPS) is 10.9. The minimum absolute atomic E-state index is 0. The number of nitrogens with zero attached hydrogens (tertiary/aromatic N) is 7. The third kappa shape index (κ3) is 4.52. The van der Waals surface area contributed by atoms with Crippen LogP contribution in [0.3, 0.4) is 0 Å². The van der Waals surface area contributed by atoms with Crippen molar-refractivity contribution in [1.82, 2.24) is 40.0 Å². The SMILES string of the molecule is CCc1nc2c(CC)c(C(=O)OC)n(Cc3ccc(-c4ccccc4-c4nn[nH]n4)cc3)n2n1.[H-].[Na+]. The summed E-state index contributed by atoms with van der Waals surface area (Å²) in [5, 5.41) is 19.0. The van der Waals surface area contributed by atoms with Crippen molar-refractivity contribution < 1.29 is 40.5 Å². The molecule has 10 nitrogen and oxygen atoms in total. The fourth-order valence-electron chi connectivity index (χ4n) is 4.17. The maximum absolute atomic E-state index is 12.7. The van der Waals surface area contributed by atoms with Gasteiger partial charge in [-0.25, -0.2) is 9.78 Å². The zero-order chi connectivity index (χ0) is 23.7. The quantitative estimate of drug-likeness (QED) is 0.266. The van der Waals surface area contributed by atoms with Crippen LogP contribution in [0, 0.1) is 0 Å². The molecule has 5 aromatic rings. The average molecular weight is 481 g/mol. The first-order valence-corrected chi connectivity index (χ1v) is 11.1. The number of benzene rings is 2. The summed E-state index contributed by atoms with van der Waals surface area (Å²) in [6, 6.07) is 16.1. The number of aromatic amines is 1. The molecule has 3 heterocycles. The summed E-state index contributed by atoms with van der Waals surface area (Å²) >= 11 is 0. The fraction of sp³-hybridized carbons (Fsp3) is 0.250. The van der Waals surface area contributed by atoms with E-state index in [9.17, 15) is 4.79 Å². The number of rotatable bonds is 7. The number of hydrogen-bond acceptors (Lipinski definition) is 7. The van der Waals surface area contributed by atoms with Crippen molar-refractivity contribution in [1.29, 1.82) is 0 Å². The summed E-state index contributed by atoms with van der Waals surface area (Å²) < 4.78 is 8.66. The van der Waals surface area contributed by atoms with Crippen LogP contribution in [0.1, 0.15) is 42.7 Å². The molecule has 0 saturated heterocycles. The number of H-pyrrole nitrogens is 1. The Balaban J connectivity index is 0.00000180. The van der Waals surface area contributed by atoms with Crippen molar-refractivity contribution in [2.45, 2.75) is 33.2 Å². The number of carbonyl (C=O) groups is 1. The Kier molecular flexibility index (Phi) is 7.44. The second kappa shape index (κ2) is 10.5. The first-order chi connectivity index (χ1) is 16.6. The van der Waals surface area contributed by atoms with E-state index in [0.29, 0.717) is 36.6 Å². The topological polar surface area (TPSA) is 116 Å². The van der Waals surface area contributed by atoms with Gasteiger partial charge in [0.25, 0.3) is 0 Å². The molecule has 0 radical (unpaired) electrons. The van der Waals surface area contributed by atoms with Crippen molar-refractivity contribution in [2.75, 3.05) is 7.11 Å². The molecule has 1 N–H and O–H groups in total. The number of esters is 1. The van der Waals surface area contributed by atoms with E-state index in [1.165, 1.54) is 7.11 Å². The van der Waals surface area contributed by atoms with Gasteiger partial charge < -0.3 is 6.16 Å². The molecule has 3 aromatic heterocycles. The molecule has 0 aliphatic rings. The van der Waals surface area contributed by atoms with Gasteiger partial charge in [-0.05, 0) is 28.3 Å². The van der Waals surface area contributed by atoms with Crippen molar-refractivity contribution >= 4 is 11.6 Å². The van der Waals surface area contributed by atoms with Crippen LogP contribution in [-0.4, -0.2) is 53.1 Å². The van der Waals surface area contributed by atoms with Crippen molar-refractivity contribution in [2.24, 2.45) is 0 Å². The summed E-state index contributed by atoms with van der Waals surface area (Å²) in [5.74, 6) is 0.887. The number of carbonyl (C=O) groups excluding carboxylic acids is 1. The van der Waals surface area contributed by atoms with E-state index in [4.69, 9.17) is 4.74 Å². The summed E-state index contributed by atoms with van der Waals surface area (Å²) in [6.45, 7) is 4.46. The maximum Gasteiger partial charge on any atom is 1.00 e. The summed E-state index contributed by atoms with van der Waals surface area (Å²) in [4.78, 5) is 17.3. The molecular weight excluding hydrogens is 455 g/mol. The predicted molar refractivity (Wildman–Crippen MR) is 126 cm³/mol. The summed E-state index contributed by atoms with van der Waals surface area (Å²) in [5.41, 5.74) is 5.96. The molecule has 0 saturated carbocycles. The van der Waals surface area contributed by atoms with E-state index in [-0.39, 0.29) is 31.0 Å². The number of ether oxygens (including phenoxy) is 1. The van der Waals surface area contributed by atoms with E-state index < -0.39 is 5.97 Å². The van der Waals surface area contributed by atoms with Gasteiger partial charge in [0.1, 0.15) is 0 Å². The van der Waals surface area contributed by atoms with E-state index >= 15 is 0 Å². The first kappa shape index (κ1) is 24.8. The number of aromatic nitrogens is 8. The van der Waals surface area contributed by atoms with Crippen LogP contribution in [0.5, 0.6) is 0 Å². The van der Waals surface area contributed by atoms with Crippen LogP contribution in [0.2, 0.25) is 0 Å². The fourth-order valence-corrected chi connectivity index (χ4v) is 4.17. The number of tetrazole rings is 1. The average Bonchev–Trinajstić information content (AvgIpc) is 3.61. The number of nitrogens with one attached hydrogen (secondary N) is 1. The Morgan fingerprint density at radius 1 is 1.06 bits per heavy atom. The van der Waals surface area contributed by atoms with Crippen molar-refractivity contribution in [3.63, 3.8) is 0 Å². The van der Waals surface area contributed by atoms with Gasteiger partial charge in [-0.15, -0.1) is 15.3 Å². The molecule has 174 valence electrons. The van der Waals surface area contributed by atoms with Gasteiger partial charge in [0, 0.05) is 17.5 Å². The Bertz CT molecular complexity index is 1460. The third-order valence-corrected chi connectivity index (χ3v) is 5.84. The molecule has 0 atom stereocenters. The van der Waals surface area contributed by atoms with Crippen molar-refractivity contribution in [3.8, 4) is 22.5 Å². The van der Waals surface area contributed by atoms with Gasteiger partial charge in [-0.2, -0.15) is 9.84 Å². The number of fused-ring (bicyclic) bond motifs is 1. The molecule has 0 spiro atoms. The number of hydrogen-bond donors (Lipinski definition) is 1. The monoisotopic (exact) mass is 480 g/mol. The number of methoxy groups -OCH3 is 1. The van der Waals surface area contributed by atoms with Gasteiger partial charge in [0.05, 0.1) is 13.7 Å². The van der Waals surface area contributed by atoms with Gasteiger partial charge >= 0.3 is 35.5 Å². The molecule has 35 heavy (non-hydrogen) atoms. The summed E-state index contributed by atoms with van der Waals surface area (Å²) in [7, 11) is 1.39. The molecule has 2 aromatic carbocycles. The van der Waals surface area contributed by atoms with Crippen LogP contribution in [0.15, 0.2) is 48.5 Å². The van der Waals surface area contributed by atoms with E-state index in [1.54, 1.807) is 4.63 Å². The Morgan fingerprint density at radius 2 is 1.80 bits per heavy atom. The van der Waals surface area contributed by atoms with E-state index in [2.05, 4.69) is 30.7 Å². The van der Waals surface area contributed by atoms with Crippen LogP contribution >= 0.6 is 0 Å². The molecule has 11 heteroatoms. The van der Waals surface area contributed by atoms with Gasteiger partial charge in [0.2, 0.25) is 5.82 Å². The maximum atomic E-state index is 12.7. The minimum atomic E-state index is -0.396.